The monoisotopic (exact) mass is 423 g/mol. The average molecular weight is 424 g/mol. The normalized spacial score (nSPS) is 17.0. The Kier molecular flexibility index (Phi) is 11.1. The summed E-state index contributed by atoms with van der Waals surface area (Å²) in [4.78, 5) is 50.5. The molecule has 4 N–H and O–H groups in total. The largest absolute Gasteiger partial charge is 0.352 e. The highest BCUT2D eigenvalue weighted by Gasteiger charge is 2.52. The molecule has 0 aromatic rings. The van der Waals surface area contributed by atoms with Gasteiger partial charge in [-0.05, 0) is 51.4 Å². The van der Waals surface area contributed by atoms with Gasteiger partial charge in [-0.2, -0.15) is 0 Å². The Morgan fingerprint density at radius 3 is 1.97 bits per heavy atom. The highest BCUT2D eigenvalue weighted by Crippen LogP contribution is 2.45. The van der Waals surface area contributed by atoms with E-state index in [-0.39, 0.29) is 29.3 Å². The summed E-state index contributed by atoms with van der Waals surface area (Å²) >= 11 is 0. The van der Waals surface area contributed by atoms with Crippen molar-refractivity contribution in [1.82, 2.24) is 10.6 Å². The molecule has 1 aliphatic rings. The van der Waals surface area contributed by atoms with E-state index in [1.807, 2.05) is 27.7 Å². The van der Waals surface area contributed by atoms with Crippen LogP contribution in [0.15, 0.2) is 0 Å². The van der Waals surface area contributed by atoms with Crippen LogP contribution in [0, 0.1) is 17.3 Å². The second-order valence-corrected chi connectivity index (χ2v) is 8.57. The average Bonchev–Trinajstić information content (AvgIpc) is 2.67. The molecule has 1 saturated carbocycles. The van der Waals surface area contributed by atoms with Crippen LogP contribution in [0.25, 0.3) is 0 Å². The van der Waals surface area contributed by atoms with Gasteiger partial charge in [0.05, 0.1) is 6.04 Å². The molecular formula is C23H41N3O4. The molecular weight excluding hydrogens is 382 g/mol. The fourth-order valence-electron chi connectivity index (χ4n) is 4.45. The van der Waals surface area contributed by atoms with Crippen LogP contribution in [0.5, 0.6) is 0 Å². The second kappa shape index (κ2) is 12.7. The number of urea groups is 1. The van der Waals surface area contributed by atoms with E-state index in [1.54, 1.807) is 0 Å². The maximum Gasteiger partial charge on any atom is 0.312 e. The number of carbonyl (C=O) groups excluding carboxylic acids is 4. The number of primary amides is 1. The Balaban J connectivity index is 2.96. The van der Waals surface area contributed by atoms with Crippen molar-refractivity contribution >= 4 is 23.5 Å². The zero-order valence-electron chi connectivity index (χ0n) is 19.2. The van der Waals surface area contributed by atoms with Crippen LogP contribution in [-0.2, 0) is 14.4 Å². The Morgan fingerprint density at radius 1 is 0.933 bits per heavy atom. The summed E-state index contributed by atoms with van der Waals surface area (Å²) in [5, 5.41) is 5.47. The van der Waals surface area contributed by atoms with Crippen molar-refractivity contribution in [2.24, 2.45) is 23.0 Å². The Bertz CT molecular complexity index is 597. The summed E-state index contributed by atoms with van der Waals surface area (Å²) in [5.74, 6) is -0.474. The fraction of sp³-hybridized carbons (Fsp3) is 0.826. The molecule has 2 atom stereocenters. The first kappa shape index (κ1) is 26.1. The van der Waals surface area contributed by atoms with Gasteiger partial charge in [0, 0.05) is 18.4 Å². The molecule has 1 aliphatic carbocycles. The SMILES string of the molecule is CCCC(CC)C(=O)C(CCCNC(N)=O)NC(=O)C1(C(=O)C(CC)CC)CCC1. The highest BCUT2D eigenvalue weighted by molar-refractivity contribution is 6.08. The molecule has 0 heterocycles. The molecule has 0 aromatic carbocycles. The van der Waals surface area contributed by atoms with Crippen LogP contribution >= 0.6 is 0 Å². The predicted octanol–water partition coefficient (Wildman–Crippen LogP) is 3.49. The molecule has 30 heavy (non-hydrogen) atoms. The Labute approximate surface area is 181 Å². The van der Waals surface area contributed by atoms with Gasteiger partial charge in [-0.15, -0.1) is 0 Å². The van der Waals surface area contributed by atoms with E-state index < -0.39 is 17.5 Å². The molecule has 7 nitrogen and oxygen atoms in total. The number of carbonyl (C=O) groups is 4. The van der Waals surface area contributed by atoms with Crippen molar-refractivity contribution in [3.63, 3.8) is 0 Å². The molecule has 172 valence electrons. The highest BCUT2D eigenvalue weighted by atomic mass is 16.2. The van der Waals surface area contributed by atoms with Crippen molar-refractivity contribution in [2.75, 3.05) is 6.54 Å². The van der Waals surface area contributed by atoms with E-state index in [1.165, 1.54) is 0 Å². The number of nitrogens with one attached hydrogen (secondary N) is 2. The van der Waals surface area contributed by atoms with Gasteiger partial charge in [-0.3, -0.25) is 14.4 Å². The lowest BCUT2D eigenvalue weighted by Crippen LogP contribution is -2.57. The molecule has 0 radical (unpaired) electrons. The van der Waals surface area contributed by atoms with Crippen LogP contribution < -0.4 is 16.4 Å². The molecule has 0 spiro atoms. The summed E-state index contributed by atoms with van der Waals surface area (Å²) in [6.07, 6.45) is 6.75. The molecule has 0 saturated heterocycles. The maximum atomic E-state index is 13.3. The third-order valence-corrected chi connectivity index (χ3v) is 6.62. The molecule has 2 unspecified atom stereocenters. The number of hydrogen-bond donors (Lipinski definition) is 3. The lowest BCUT2D eigenvalue weighted by atomic mass is 9.62. The number of rotatable bonds is 15. The smallest absolute Gasteiger partial charge is 0.312 e. The van der Waals surface area contributed by atoms with Crippen molar-refractivity contribution in [2.45, 2.75) is 97.9 Å². The first-order chi connectivity index (χ1) is 14.3. The lowest BCUT2D eigenvalue weighted by molar-refractivity contribution is -0.152. The number of nitrogens with two attached hydrogens (primary N) is 1. The standard InChI is InChI=1S/C23H41N3O4/c1-5-11-17(8-4)19(27)18(12-9-15-25-22(24)30)26-21(29)23(13-10-14-23)20(28)16(6-2)7-3/h16-18H,5-15H2,1-4H3,(H,26,29)(H3,24,25,30). The molecule has 0 bridgehead atoms. The van der Waals surface area contributed by atoms with Gasteiger partial charge in [0.2, 0.25) is 5.91 Å². The summed E-state index contributed by atoms with van der Waals surface area (Å²) in [5.41, 5.74) is 4.13. The zero-order chi connectivity index (χ0) is 22.7. The fourth-order valence-corrected chi connectivity index (χ4v) is 4.45. The van der Waals surface area contributed by atoms with Gasteiger partial charge < -0.3 is 16.4 Å². The predicted molar refractivity (Wildman–Crippen MR) is 118 cm³/mol. The summed E-state index contributed by atoms with van der Waals surface area (Å²) in [6.45, 7) is 8.32. The minimum absolute atomic E-state index is 0.0243. The summed E-state index contributed by atoms with van der Waals surface area (Å²) in [6, 6.07) is -1.25. The summed E-state index contributed by atoms with van der Waals surface area (Å²) in [7, 11) is 0. The first-order valence-corrected chi connectivity index (χ1v) is 11.7. The van der Waals surface area contributed by atoms with E-state index in [0.29, 0.717) is 32.2 Å². The van der Waals surface area contributed by atoms with Crippen LogP contribution in [-0.4, -0.2) is 36.1 Å². The number of hydrogen-bond acceptors (Lipinski definition) is 4. The second-order valence-electron chi connectivity index (χ2n) is 8.57. The van der Waals surface area contributed by atoms with Gasteiger partial charge in [-0.1, -0.05) is 40.5 Å². The van der Waals surface area contributed by atoms with Crippen molar-refractivity contribution in [3.8, 4) is 0 Å². The molecule has 1 fully saturated rings. The van der Waals surface area contributed by atoms with Crippen LogP contribution in [0.3, 0.4) is 0 Å². The minimum atomic E-state index is -0.979. The topological polar surface area (TPSA) is 118 Å². The zero-order valence-corrected chi connectivity index (χ0v) is 19.2. The lowest BCUT2D eigenvalue weighted by Gasteiger charge is -2.41. The van der Waals surface area contributed by atoms with Crippen LogP contribution in [0.1, 0.15) is 91.9 Å². The third-order valence-electron chi connectivity index (χ3n) is 6.62. The maximum absolute atomic E-state index is 13.3. The quantitative estimate of drug-likeness (QED) is 0.276. The Hall–Kier alpha value is -1.92. The number of ketones is 2. The molecule has 1 rings (SSSR count). The van der Waals surface area contributed by atoms with E-state index in [9.17, 15) is 19.2 Å². The van der Waals surface area contributed by atoms with Gasteiger partial charge >= 0.3 is 6.03 Å². The van der Waals surface area contributed by atoms with Gasteiger partial charge in [0.1, 0.15) is 5.41 Å². The van der Waals surface area contributed by atoms with E-state index in [4.69, 9.17) is 5.73 Å². The van der Waals surface area contributed by atoms with Crippen LogP contribution in [0.4, 0.5) is 4.79 Å². The van der Waals surface area contributed by atoms with E-state index in [0.717, 1.165) is 38.5 Å². The minimum Gasteiger partial charge on any atom is -0.352 e. The van der Waals surface area contributed by atoms with Gasteiger partial charge in [-0.25, -0.2) is 4.79 Å². The number of amides is 3. The molecule has 0 aliphatic heterocycles. The molecule has 7 heteroatoms. The van der Waals surface area contributed by atoms with Crippen molar-refractivity contribution in [1.29, 1.82) is 0 Å². The van der Waals surface area contributed by atoms with Crippen molar-refractivity contribution < 1.29 is 19.2 Å². The number of Topliss-reactive ketones (excluding diaryl/α,β-unsaturated/α-hetero) is 2. The van der Waals surface area contributed by atoms with Crippen molar-refractivity contribution in [3.05, 3.63) is 0 Å². The van der Waals surface area contributed by atoms with Gasteiger partial charge in [0.25, 0.3) is 0 Å². The Morgan fingerprint density at radius 2 is 1.53 bits per heavy atom. The molecule has 0 aromatic heterocycles. The first-order valence-electron chi connectivity index (χ1n) is 11.7. The third kappa shape index (κ3) is 6.54. The van der Waals surface area contributed by atoms with Gasteiger partial charge in [0.15, 0.2) is 11.6 Å². The van der Waals surface area contributed by atoms with E-state index >= 15 is 0 Å². The van der Waals surface area contributed by atoms with E-state index in [2.05, 4.69) is 10.6 Å². The van der Waals surface area contributed by atoms with Crippen LogP contribution in [0.2, 0.25) is 0 Å². The molecule has 3 amide bonds. The summed E-state index contributed by atoms with van der Waals surface area (Å²) < 4.78 is 0.